The van der Waals surface area contributed by atoms with Crippen LogP contribution in [0, 0.1) is 5.82 Å². The first-order valence-corrected chi connectivity index (χ1v) is 12.8. The number of halogens is 4. The summed E-state index contributed by atoms with van der Waals surface area (Å²) < 4.78 is 79.6. The van der Waals surface area contributed by atoms with Gasteiger partial charge < -0.3 is 10.6 Å². The fraction of sp³-hybridized carbons (Fsp3) is 0.478. The molecule has 0 atom stereocenters. The number of amides is 2. The molecule has 2 heterocycles. The van der Waals surface area contributed by atoms with E-state index in [9.17, 15) is 30.8 Å². The number of benzene rings is 1. The summed E-state index contributed by atoms with van der Waals surface area (Å²) in [6, 6.07) is 8.74. The molecule has 1 saturated heterocycles. The van der Waals surface area contributed by atoms with Crippen molar-refractivity contribution in [1.29, 1.82) is 0 Å². The molecule has 0 bridgehead atoms. The predicted molar refractivity (Wildman–Crippen MR) is 122 cm³/mol. The van der Waals surface area contributed by atoms with Crippen LogP contribution in [0.3, 0.4) is 0 Å². The molecule has 0 saturated carbocycles. The van der Waals surface area contributed by atoms with Gasteiger partial charge in [-0.05, 0) is 49.1 Å². The molecule has 3 rings (SSSR count). The lowest BCUT2D eigenvalue weighted by Crippen LogP contribution is -2.52. The van der Waals surface area contributed by atoms with Crippen LogP contribution in [0.5, 0.6) is 0 Å². The largest absolute Gasteiger partial charge is 0.433 e. The van der Waals surface area contributed by atoms with Gasteiger partial charge in [0.05, 0.1) is 5.75 Å². The van der Waals surface area contributed by atoms with Crippen molar-refractivity contribution in [3.63, 3.8) is 0 Å². The Hall–Kier alpha value is -2.73. The summed E-state index contributed by atoms with van der Waals surface area (Å²) in [5.74, 6) is -0.452. The number of hydrogen-bond acceptors (Lipinski definition) is 4. The lowest BCUT2D eigenvalue weighted by molar-refractivity contribution is -0.141. The summed E-state index contributed by atoms with van der Waals surface area (Å²) in [5, 5.41) is 5.28. The summed E-state index contributed by atoms with van der Waals surface area (Å²) >= 11 is 0. The zero-order valence-corrected chi connectivity index (χ0v) is 20.1. The van der Waals surface area contributed by atoms with Crippen molar-refractivity contribution < 1.29 is 30.8 Å². The summed E-state index contributed by atoms with van der Waals surface area (Å²) in [7, 11) is -3.47. The number of piperidine rings is 1. The van der Waals surface area contributed by atoms with Crippen molar-refractivity contribution in [3.8, 4) is 0 Å². The zero-order chi connectivity index (χ0) is 25.7. The molecule has 1 aliphatic heterocycles. The standard InChI is InChI=1S/C23H28F4N4O3S/c1-2-13-35(33,34)31-11-9-22(10-12-31,19-7-4-8-20(30-19)23(25,26)27)16-29-21(32)28-15-17-5-3-6-18(24)14-17/h3-8,14H,2,9-13,15-16H2,1H3,(H2,28,29,32). The molecule has 2 aromatic rings. The van der Waals surface area contributed by atoms with Crippen LogP contribution in [0.25, 0.3) is 0 Å². The fourth-order valence-corrected chi connectivity index (χ4v) is 5.65. The first kappa shape index (κ1) is 26.9. The van der Waals surface area contributed by atoms with Crippen LogP contribution < -0.4 is 10.6 Å². The molecule has 2 N–H and O–H groups in total. The van der Waals surface area contributed by atoms with Gasteiger partial charge in [0.2, 0.25) is 10.0 Å². The van der Waals surface area contributed by atoms with E-state index in [-0.39, 0.29) is 50.5 Å². The number of alkyl halides is 3. The minimum Gasteiger partial charge on any atom is -0.337 e. The highest BCUT2D eigenvalue weighted by molar-refractivity contribution is 7.89. The average Bonchev–Trinajstić information content (AvgIpc) is 2.81. The van der Waals surface area contributed by atoms with E-state index in [1.54, 1.807) is 13.0 Å². The normalized spacial score (nSPS) is 16.6. The summed E-state index contributed by atoms with van der Waals surface area (Å²) in [5.41, 5.74) is -1.35. The second kappa shape index (κ2) is 10.9. The van der Waals surface area contributed by atoms with Gasteiger partial charge in [-0.25, -0.2) is 26.9 Å². The van der Waals surface area contributed by atoms with Gasteiger partial charge in [-0.2, -0.15) is 13.2 Å². The van der Waals surface area contributed by atoms with Crippen molar-refractivity contribution in [2.75, 3.05) is 25.4 Å². The number of aromatic nitrogens is 1. The number of pyridine rings is 1. The number of sulfonamides is 1. The maximum atomic E-state index is 13.3. The van der Waals surface area contributed by atoms with E-state index in [1.807, 2.05) is 0 Å². The van der Waals surface area contributed by atoms with Crippen LogP contribution in [0.4, 0.5) is 22.4 Å². The topological polar surface area (TPSA) is 91.4 Å². The number of nitrogens with one attached hydrogen (secondary N) is 2. The molecule has 192 valence electrons. The highest BCUT2D eigenvalue weighted by atomic mass is 32.2. The first-order chi connectivity index (χ1) is 16.4. The molecule has 0 radical (unpaired) electrons. The second-order valence-corrected chi connectivity index (χ2v) is 10.7. The minimum atomic E-state index is -4.64. The van der Waals surface area contributed by atoms with E-state index in [4.69, 9.17) is 0 Å². The SMILES string of the molecule is CCCS(=O)(=O)N1CCC(CNC(=O)NCc2cccc(F)c2)(c2cccc(C(F)(F)F)n2)CC1. The Morgan fingerprint density at radius 1 is 1.11 bits per heavy atom. The molecule has 1 fully saturated rings. The van der Waals surface area contributed by atoms with E-state index in [2.05, 4.69) is 15.6 Å². The quantitative estimate of drug-likeness (QED) is 0.522. The Morgan fingerprint density at radius 3 is 2.43 bits per heavy atom. The van der Waals surface area contributed by atoms with Gasteiger partial charge in [-0.1, -0.05) is 25.1 Å². The number of nitrogens with zero attached hydrogens (tertiary/aromatic N) is 2. The Labute approximate surface area is 202 Å². The molecule has 12 heteroatoms. The number of carbonyl (C=O) groups is 1. The third kappa shape index (κ3) is 6.91. The smallest absolute Gasteiger partial charge is 0.337 e. The Kier molecular flexibility index (Phi) is 8.37. The molecular formula is C23H28F4N4O3S. The third-order valence-electron chi connectivity index (χ3n) is 6.05. The fourth-order valence-electron chi connectivity index (χ4n) is 4.13. The van der Waals surface area contributed by atoms with E-state index in [0.29, 0.717) is 12.0 Å². The number of urea groups is 1. The monoisotopic (exact) mass is 516 g/mol. The van der Waals surface area contributed by atoms with E-state index >= 15 is 0 Å². The molecule has 7 nitrogen and oxygen atoms in total. The molecule has 35 heavy (non-hydrogen) atoms. The Balaban J connectivity index is 1.77. The molecule has 2 amide bonds. The molecule has 0 spiro atoms. The molecular weight excluding hydrogens is 488 g/mol. The minimum absolute atomic E-state index is 0.0114. The van der Waals surface area contributed by atoms with Gasteiger partial charge in [0, 0.05) is 37.3 Å². The van der Waals surface area contributed by atoms with Crippen molar-refractivity contribution in [2.24, 2.45) is 0 Å². The molecule has 0 unspecified atom stereocenters. The van der Waals surface area contributed by atoms with Crippen LogP contribution in [-0.2, 0) is 28.2 Å². The zero-order valence-electron chi connectivity index (χ0n) is 19.2. The number of rotatable bonds is 8. The van der Waals surface area contributed by atoms with Crippen molar-refractivity contribution >= 4 is 16.1 Å². The van der Waals surface area contributed by atoms with E-state index in [0.717, 1.165) is 6.07 Å². The van der Waals surface area contributed by atoms with Crippen LogP contribution in [0.15, 0.2) is 42.5 Å². The van der Waals surface area contributed by atoms with Gasteiger partial charge in [-0.15, -0.1) is 0 Å². The summed E-state index contributed by atoms with van der Waals surface area (Å²) in [6.07, 6.45) is -3.81. The highest BCUT2D eigenvalue weighted by Crippen LogP contribution is 2.37. The maximum Gasteiger partial charge on any atom is 0.433 e. The predicted octanol–water partition coefficient (Wildman–Crippen LogP) is 3.81. The second-order valence-electron chi connectivity index (χ2n) is 8.57. The molecule has 1 aliphatic rings. The summed E-state index contributed by atoms with van der Waals surface area (Å²) in [6.45, 7) is 1.98. The molecule has 1 aromatic carbocycles. The van der Waals surface area contributed by atoms with Crippen LogP contribution in [-0.4, -0.2) is 49.1 Å². The molecule has 0 aliphatic carbocycles. The maximum absolute atomic E-state index is 13.3. The van der Waals surface area contributed by atoms with Gasteiger partial charge >= 0.3 is 12.2 Å². The van der Waals surface area contributed by atoms with Crippen LogP contribution in [0.1, 0.15) is 43.1 Å². The van der Waals surface area contributed by atoms with E-state index in [1.165, 1.54) is 34.6 Å². The van der Waals surface area contributed by atoms with Crippen molar-refractivity contribution in [3.05, 3.63) is 65.2 Å². The van der Waals surface area contributed by atoms with Gasteiger partial charge in [-0.3, -0.25) is 0 Å². The lowest BCUT2D eigenvalue weighted by Gasteiger charge is -2.41. The van der Waals surface area contributed by atoms with E-state index < -0.39 is 39.2 Å². The first-order valence-electron chi connectivity index (χ1n) is 11.2. The van der Waals surface area contributed by atoms with Crippen LogP contribution in [0.2, 0.25) is 0 Å². The lowest BCUT2D eigenvalue weighted by atomic mass is 9.75. The molecule has 1 aromatic heterocycles. The van der Waals surface area contributed by atoms with Gasteiger partial charge in [0.1, 0.15) is 11.5 Å². The number of hydrogen-bond donors (Lipinski definition) is 2. The van der Waals surface area contributed by atoms with Gasteiger partial charge in [0.15, 0.2) is 0 Å². The van der Waals surface area contributed by atoms with Crippen molar-refractivity contribution in [2.45, 2.75) is 44.3 Å². The highest BCUT2D eigenvalue weighted by Gasteiger charge is 2.42. The Morgan fingerprint density at radius 2 is 1.80 bits per heavy atom. The van der Waals surface area contributed by atoms with Gasteiger partial charge in [0.25, 0.3) is 0 Å². The number of carbonyl (C=O) groups excluding carboxylic acids is 1. The summed E-state index contributed by atoms with van der Waals surface area (Å²) in [4.78, 5) is 16.3. The average molecular weight is 517 g/mol. The van der Waals surface area contributed by atoms with Crippen LogP contribution >= 0.6 is 0 Å². The van der Waals surface area contributed by atoms with Crippen molar-refractivity contribution in [1.82, 2.24) is 19.9 Å². The third-order valence-corrected chi connectivity index (χ3v) is 8.12. The Bertz CT molecular complexity index is 1130.